The summed E-state index contributed by atoms with van der Waals surface area (Å²) in [5.41, 5.74) is 0.705. The molecule has 3 aromatic heterocycles. The Morgan fingerprint density at radius 2 is 2.00 bits per heavy atom. The molecule has 214 valence electrons. The van der Waals surface area contributed by atoms with Crippen LogP contribution in [0.3, 0.4) is 0 Å². The van der Waals surface area contributed by atoms with Crippen molar-refractivity contribution in [3.63, 3.8) is 0 Å². The number of benzene rings is 1. The third-order valence-corrected chi connectivity index (χ3v) is 6.86. The van der Waals surface area contributed by atoms with Crippen molar-refractivity contribution in [3.05, 3.63) is 59.6 Å². The van der Waals surface area contributed by atoms with E-state index in [2.05, 4.69) is 25.2 Å². The van der Waals surface area contributed by atoms with Crippen LogP contribution in [0.25, 0.3) is 16.9 Å². The molecule has 4 heterocycles. The van der Waals surface area contributed by atoms with Crippen LogP contribution < -0.4 is 10.1 Å². The van der Waals surface area contributed by atoms with Gasteiger partial charge in [-0.2, -0.15) is 19.0 Å². The largest absolute Gasteiger partial charge is 0.469 e. The van der Waals surface area contributed by atoms with Gasteiger partial charge < -0.3 is 19.7 Å². The lowest BCUT2D eigenvalue weighted by Crippen LogP contribution is -2.42. The lowest BCUT2D eigenvalue weighted by atomic mass is 9.97. The van der Waals surface area contributed by atoms with Gasteiger partial charge in [-0.05, 0) is 37.1 Å². The number of nitrogens with zero attached hydrogens (tertiary/aromatic N) is 6. The summed E-state index contributed by atoms with van der Waals surface area (Å²) in [6, 6.07) is 5.67. The number of carbonyl (C=O) groups excluding carboxylic acids is 3. The number of nitrogens with one attached hydrogen (secondary N) is 1. The third kappa shape index (κ3) is 6.11. The molecular weight excluding hydrogens is 564 g/mol. The predicted octanol–water partition coefficient (Wildman–Crippen LogP) is 3.51. The molecule has 2 amide bonds. The van der Waals surface area contributed by atoms with Gasteiger partial charge in [0.2, 0.25) is 5.91 Å². The number of halogens is 3. The predicted molar refractivity (Wildman–Crippen MR) is 142 cm³/mol. The maximum Gasteiger partial charge on any atom is 0.387 e. The van der Waals surface area contributed by atoms with Crippen molar-refractivity contribution in [3.8, 4) is 17.0 Å². The van der Waals surface area contributed by atoms with Crippen molar-refractivity contribution < 1.29 is 32.6 Å². The fraction of sp³-hybridized carbons (Fsp3) is 0.308. The third-order valence-electron chi connectivity index (χ3n) is 6.63. The summed E-state index contributed by atoms with van der Waals surface area (Å²) < 4.78 is 38.6. The number of alkyl halides is 2. The van der Waals surface area contributed by atoms with E-state index >= 15 is 0 Å². The van der Waals surface area contributed by atoms with Gasteiger partial charge in [-0.1, -0.05) is 11.6 Å². The summed E-state index contributed by atoms with van der Waals surface area (Å²) in [5.74, 6) is -1.66. The highest BCUT2D eigenvalue weighted by molar-refractivity contribution is 6.31. The zero-order chi connectivity index (χ0) is 29.1. The Morgan fingerprint density at radius 1 is 1.22 bits per heavy atom. The highest BCUT2D eigenvalue weighted by Gasteiger charge is 2.29. The molecule has 0 radical (unpaired) electrons. The number of methoxy groups -OCH3 is 1. The summed E-state index contributed by atoms with van der Waals surface area (Å²) in [7, 11) is 1.33. The smallest absolute Gasteiger partial charge is 0.387 e. The number of anilines is 1. The van der Waals surface area contributed by atoms with Crippen LogP contribution in [0.4, 0.5) is 14.5 Å². The van der Waals surface area contributed by atoms with E-state index in [1.165, 1.54) is 53.1 Å². The molecular formula is C26H24ClF2N7O5. The van der Waals surface area contributed by atoms with E-state index in [0.717, 1.165) is 0 Å². The molecule has 12 nitrogen and oxygen atoms in total. The number of hydrogen-bond donors (Lipinski definition) is 1. The normalized spacial score (nSPS) is 13.9. The van der Waals surface area contributed by atoms with Crippen LogP contribution in [0.5, 0.6) is 5.75 Å². The lowest BCUT2D eigenvalue weighted by molar-refractivity contribution is -0.149. The molecule has 1 aliphatic rings. The number of piperidine rings is 1. The van der Waals surface area contributed by atoms with Gasteiger partial charge in [-0.15, -0.1) is 0 Å². The summed E-state index contributed by atoms with van der Waals surface area (Å²) >= 11 is 6.17. The molecule has 0 spiro atoms. The molecule has 0 bridgehead atoms. The second kappa shape index (κ2) is 11.9. The minimum absolute atomic E-state index is 0.0538. The number of fused-ring (bicyclic) bond motifs is 1. The molecule has 1 saturated heterocycles. The molecule has 15 heteroatoms. The number of likely N-dealkylation sites (tertiary alicyclic amines) is 1. The highest BCUT2D eigenvalue weighted by atomic mass is 35.5. The van der Waals surface area contributed by atoms with Gasteiger partial charge >= 0.3 is 12.6 Å². The van der Waals surface area contributed by atoms with E-state index in [1.807, 2.05) is 0 Å². The second-order valence-electron chi connectivity index (χ2n) is 9.19. The van der Waals surface area contributed by atoms with E-state index < -0.39 is 12.5 Å². The summed E-state index contributed by atoms with van der Waals surface area (Å²) in [6.45, 7) is -2.62. The number of esters is 1. The summed E-state index contributed by atoms with van der Waals surface area (Å²) in [4.78, 5) is 44.0. The van der Waals surface area contributed by atoms with Gasteiger partial charge in [0.25, 0.3) is 5.91 Å². The topological polar surface area (TPSA) is 133 Å². The molecule has 0 unspecified atom stereocenters. The Labute approximate surface area is 236 Å². The van der Waals surface area contributed by atoms with Crippen LogP contribution in [0, 0.1) is 5.92 Å². The van der Waals surface area contributed by atoms with Gasteiger partial charge in [-0.3, -0.25) is 19.1 Å². The molecule has 1 fully saturated rings. The Hall–Kier alpha value is -4.59. The van der Waals surface area contributed by atoms with Crippen molar-refractivity contribution >= 4 is 40.7 Å². The van der Waals surface area contributed by atoms with Gasteiger partial charge in [0, 0.05) is 42.3 Å². The molecule has 5 rings (SSSR count). The fourth-order valence-electron chi connectivity index (χ4n) is 4.63. The molecule has 41 heavy (non-hydrogen) atoms. The monoisotopic (exact) mass is 587 g/mol. The van der Waals surface area contributed by atoms with Crippen LogP contribution in [0.1, 0.15) is 23.2 Å². The average Bonchev–Trinajstić information content (AvgIpc) is 3.57. The van der Waals surface area contributed by atoms with E-state index in [4.69, 9.17) is 16.3 Å². The molecule has 0 saturated carbocycles. The number of ether oxygens (including phenoxy) is 2. The highest BCUT2D eigenvalue weighted by Crippen LogP contribution is 2.37. The van der Waals surface area contributed by atoms with E-state index in [-0.39, 0.29) is 57.6 Å². The molecule has 1 N–H and O–H groups in total. The number of amides is 2. The zero-order valence-electron chi connectivity index (χ0n) is 21.7. The van der Waals surface area contributed by atoms with Crippen molar-refractivity contribution in [1.82, 2.24) is 29.3 Å². The van der Waals surface area contributed by atoms with Gasteiger partial charge in [0.05, 0.1) is 24.9 Å². The van der Waals surface area contributed by atoms with E-state index in [0.29, 0.717) is 31.6 Å². The van der Waals surface area contributed by atoms with Crippen molar-refractivity contribution in [1.29, 1.82) is 0 Å². The number of rotatable bonds is 8. The zero-order valence-corrected chi connectivity index (χ0v) is 22.4. The standard InChI is InChI=1S/C26H24ClF2N7O5/c1-40-25(39)15-5-9-34(10-6-15)21(37)14-35-13-19(32-24(38)18-12-31-36-8-2-7-30-23(18)36)22(33-35)17-11-16(27)3-4-20(17)41-26(28)29/h2-4,7-8,11-13,15,26H,5-6,9-10,14H2,1H3,(H,32,38). The van der Waals surface area contributed by atoms with E-state index in [1.54, 1.807) is 17.2 Å². The van der Waals surface area contributed by atoms with Crippen LogP contribution in [0.2, 0.25) is 5.02 Å². The van der Waals surface area contributed by atoms with Crippen molar-refractivity contribution in [2.24, 2.45) is 5.92 Å². The molecule has 1 aliphatic heterocycles. The summed E-state index contributed by atoms with van der Waals surface area (Å²) in [5, 5.41) is 11.5. The molecule has 0 aliphatic carbocycles. The first-order chi connectivity index (χ1) is 19.7. The van der Waals surface area contributed by atoms with Crippen LogP contribution in [-0.2, 0) is 20.9 Å². The minimum Gasteiger partial charge on any atom is -0.469 e. The first kappa shape index (κ1) is 28.0. The Morgan fingerprint density at radius 3 is 2.73 bits per heavy atom. The number of hydrogen-bond acceptors (Lipinski definition) is 8. The quantitative estimate of drug-likeness (QED) is 0.310. The van der Waals surface area contributed by atoms with E-state index in [9.17, 15) is 23.2 Å². The minimum atomic E-state index is -3.13. The Balaban J connectivity index is 1.45. The van der Waals surface area contributed by atoms with Crippen molar-refractivity contribution in [2.75, 3.05) is 25.5 Å². The Kier molecular flexibility index (Phi) is 8.10. The van der Waals surface area contributed by atoms with Gasteiger partial charge in [0.1, 0.15) is 23.6 Å². The van der Waals surface area contributed by atoms with Crippen molar-refractivity contribution in [2.45, 2.75) is 26.0 Å². The second-order valence-corrected chi connectivity index (χ2v) is 9.62. The Bertz CT molecular complexity index is 1600. The molecule has 4 aromatic rings. The summed E-state index contributed by atoms with van der Waals surface area (Å²) in [6.07, 6.45) is 6.83. The fourth-order valence-corrected chi connectivity index (χ4v) is 4.80. The average molecular weight is 588 g/mol. The molecule has 1 aromatic carbocycles. The first-order valence-corrected chi connectivity index (χ1v) is 12.9. The number of carbonyl (C=O) groups is 3. The van der Waals surface area contributed by atoms with Crippen LogP contribution in [-0.4, -0.2) is 73.9 Å². The maximum atomic E-state index is 13.3. The van der Waals surface area contributed by atoms with Gasteiger partial charge in [-0.25, -0.2) is 9.50 Å². The number of aromatic nitrogens is 5. The lowest BCUT2D eigenvalue weighted by Gasteiger charge is -2.30. The van der Waals surface area contributed by atoms with Crippen LogP contribution >= 0.6 is 11.6 Å². The van der Waals surface area contributed by atoms with Gasteiger partial charge in [0.15, 0.2) is 5.65 Å². The van der Waals surface area contributed by atoms with Crippen LogP contribution in [0.15, 0.2) is 49.1 Å². The maximum absolute atomic E-state index is 13.3. The first-order valence-electron chi connectivity index (χ1n) is 12.5. The SMILES string of the molecule is COC(=O)C1CCN(C(=O)Cn2cc(NC(=O)c3cnn4cccnc34)c(-c3cc(Cl)ccc3OC(F)F)n2)CC1. The molecule has 0 atom stereocenters.